The van der Waals surface area contributed by atoms with Crippen molar-refractivity contribution in [3.63, 3.8) is 0 Å². The smallest absolute Gasteiger partial charge is 0.251 e. The van der Waals surface area contributed by atoms with E-state index in [4.69, 9.17) is 11.6 Å². The highest BCUT2D eigenvalue weighted by Crippen LogP contribution is 2.18. The molecule has 0 saturated carbocycles. The highest BCUT2D eigenvalue weighted by molar-refractivity contribution is 6.30. The van der Waals surface area contributed by atoms with Crippen molar-refractivity contribution in [3.05, 3.63) is 64.7 Å². The Morgan fingerprint density at radius 3 is 2.38 bits per heavy atom. The van der Waals surface area contributed by atoms with E-state index in [-0.39, 0.29) is 11.9 Å². The van der Waals surface area contributed by atoms with Crippen LogP contribution in [0.25, 0.3) is 0 Å². The molecule has 2 aromatic rings. The van der Waals surface area contributed by atoms with Crippen LogP contribution in [0.15, 0.2) is 48.5 Å². The molecule has 0 unspecified atom stereocenters. The first-order chi connectivity index (χ1) is 9.97. The van der Waals surface area contributed by atoms with E-state index >= 15 is 0 Å². The quantitative estimate of drug-likeness (QED) is 0.929. The Labute approximate surface area is 130 Å². The average Bonchev–Trinajstić information content (AvgIpc) is 2.47. The summed E-state index contributed by atoms with van der Waals surface area (Å²) in [6.45, 7) is 1.94. The van der Waals surface area contributed by atoms with E-state index in [1.807, 2.05) is 74.4 Å². The minimum absolute atomic E-state index is 0.0900. The number of hydrogen-bond donors (Lipinski definition) is 1. The lowest BCUT2D eigenvalue weighted by Crippen LogP contribution is -2.26. The van der Waals surface area contributed by atoms with Gasteiger partial charge in [-0.2, -0.15) is 0 Å². The molecule has 1 atom stereocenters. The molecular weight excluding hydrogens is 284 g/mol. The molecule has 0 aliphatic heterocycles. The average molecular weight is 303 g/mol. The number of carbonyl (C=O) groups is 1. The van der Waals surface area contributed by atoms with Crippen LogP contribution in [0.4, 0.5) is 5.69 Å². The van der Waals surface area contributed by atoms with Gasteiger partial charge in [0, 0.05) is 30.4 Å². The van der Waals surface area contributed by atoms with Crippen molar-refractivity contribution >= 4 is 23.2 Å². The largest absolute Gasteiger partial charge is 0.378 e. The van der Waals surface area contributed by atoms with Crippen LogP contribution in [0.3, 0.4) is 0 Å². The normalized spacial score (nSPS) is 11.8. The summed E-state index contributed by atoms with van der Waals surface area (Å²) in [7, 11) is 3.94. The van der Waals surface area contributed by atoms with Crippen LogP contribution >= 0.6 is 11.6 Å². The van der Waals surface area contributed by atoms with Gasteiger partial charge in [-0.05, 0) is 48.9 Å². The Bertz CT molecular complexity index is 623. The number of amides is 1. The van der Waals surface area contributed by atoms with Crippen molar-refractivity contribution in [2.45, 2.75) is 13.0 Å². The molecule has 110 valence electrons. The number of nitrogens with one attached hydrogen (secondary N) is 1. The zero-order valence-corrected chi connectivity index (χ0v) is 13.2. The second-order valence-corrected chi connectivity index (χ2v) is 5.63. The van der Waals surface area contributed by atoms with E-state index in [1.54, 1.807) is 0 Å². The van der Waals surface area contributed by atoms with Crippen molar-refractivity contribution in [2.24, 2.45) is 0 Å². The van der Waals surface area contributed by atoms with Gasteiger partial charge in [0.2, 0.25) is 0 Å². The van der Waals surface area contributed by atoms with E-state index in [1.165, 1.54) is 0 Å². The maximum atomic E-state index is 12.2. The molecule has 0 heterocycles. The summed E-state index contributed by atoms with van der Waals surface area (Å²) in [6.07, 6.45) is 0. The van der Waals surface area contributed by atoms with Crippen LogP contribution in [-0.4, -0.2) is 20.0 Å². The Balaban J connectivity index is 2.07. The summed E-state index contributed by atoms with van der Waals surface area (Å²) < 4.78 is 0. The zero-order valence-electron chi connectivity index (χ0n) is 12.4. The number of halogens is 1. The molecule has 4 heteroatoms. The third kappa shape index (κ3) is 3.99. The van der Waals surface area contributed by atoms with E-state index in [2.05, 4.69) is 5.32 Å². The van der Waals surface area contributed by atoms with Crippen molar-refractivity contribution in [2.75, 3.05) is 19.0 Å². The highest BCUT2D eigenvalue weighted by Gasteiger charge is 2.11. The van der Waals surface area contributed by atoms with Crippen LogP contribution in [0.5, 0.6) is 0 Å². The van der Waals surface area contributed by atoms with Gasteiger partial charge in [0.05, 0.1) is 6.04 Å². The van der Waals surface area contributed by atoms with Crippen LogP contribution in [0.1, 0.15) is 28.9 Å². The molecule has 2 rings (SSSR count). The van der Waals surface area contributed by atoms with Crippen LogP contribution in [0, 0.1) is 0 Å². The molecule has 0 spiro atoms. The molecule has 1 amide bonds. The Morgan fingerprint density at radius 1 is 1.14 bits per heavy atom. The minimum Gasteiger partial charge on any atom is -0.378 e. The van der Waals surface area contributed by atoms with Crippen LogP contribution in [-0.2, 0) is 0 Å². The van der Waals surface area contributed by atoms with E-state index in [0.29, 0.717) is 10.6 Å². The molecule has 1 N–H and O–H groups in total. The predicted octanol–water partition coefficient (Wildman–Crippen LogP) is 3.90. The molecule has 0 aromatic heterocycles. The maximum absolute atomic E-state index is 12.2. The second-order valence-electron chi connectivity index (χ2n) is 5.19. The first kappa shape index (κ1) is 15.4. The van der Waals surface area contributed by atoms with Crippen molar-refractivity contribution in [1.82, 2.24) is 5.32 Å². The summed E-state index contributed by atoms with van der Waals surface area (Å²) in [5.74, 6) is -0.0900. The first-order valence-electron chi connectivity index (χ1n) is 6.81. The van der Waals surface area contributed by atoms with E-state index < -0.39 is 0 Å². The second kappa shape index (κ2) is 6.64. The molecule has 0 bridgehead atoms. The lowest BCUT2D eigenvalue weighted by Gasteiger charge is -2.16. The number of anilines is 1. The first-order valence-corrected chi connectivity index (χ1v) is 7.19. The predicted molar refractivity (Wildman–Crippen MR) is 88.1 cm³/mol. The fourth-order valence-electron chi connectivity index (χ4n) is 2.05. The third-order valence-corrected chi connectivity index (χ3v) is 3.58. The molecular formula is C17H19ClN2O. The van der Waals surface area contributed by atoms with Gasteiger partial charge in [0.15, 0.2) is 0 Å². The lowest BCUT2D eigenvalue weighted by atomic mass is 10.1. The van der Waals surface area contributed by atoms with Crippen molar-refractivity contribution in [3.8, 4) is 0 Å². The summed E-state index contributed by atoms with van der Waals surface area (Å²) >= 11 is 5.97. The molecule has 2 aromatic carbocycles. The van der Waals surface area contributed by atoms with Gasteiger partial charge in [0.25, 0.3) is 5.91 Å². The standard InChI is InChI=1S/C17H19ClN2O/c1-12(14-5-4-6-15(18)11-14)19-17(21)13-7-9-16(10-8-13)20(2)3/h4-12H,1-3H3,(H,19,21)/t12-/m0/s1. The Kier molecular flexibility index (Phi) is 4.86. The van der Waals surface area contributed by atoms with Crippen molar-refractivity contribution in [1.29, 1.82) is 0 Å². The van der Waals surface area contributed by atoms with Gasteiger partial charge >= 0.3 is 0 Å². The van der Waals surface area contributed by atoms with Gasteiger partial charge in [0.1, 0.15) is 0 Å². The molecule has 21 heavy (non-hydrogen) atoms. The summed E-state index contributed by atoms with van der Waals surface area (Å²) in [4.78, 5) is 14.2. The molecule has 0 aliphatic carbocycles. The molecule has 3 nitrogen and oxygen atoms in total. The maximum Gasteiger partial charge on any atom is 0.251 e. The monoisotopic (exact) mass is 302 g/mol. The SMILES string of the molecule is C[C@H](NC(=O)c1ccc(N(C)C)cc1)c1cccc(Cl)c1. The highest BCUT2D eigenvalue weighted by atomic mass is 35.5. The number of benzene rings is 2. The van der Waals surface area contributed by atoms with E-state index in [0.717, 1.165) is 11.3 Å². The van der Waals surface area contributed by atoms with Gasteiger partial charge in [-0.25, -0.2) is 0 Å². The third-order valence-electron chi connectivity index (χ3n) is 3.34. The minimum atomic E-state index is -0.0928. The van der Waals surface area contributed by atoms with Crippen LogP contribution in [0.2, 0.25) is 5.02 Å². The molecule has 0 radical (unpaired) electrons. The Morgan fingerprint density at radius 2 is 1.81 bits per heavy atom. The van der Waals surface area contributed by atoms with Gasteiger partial charge in [-0.1, -0.05) is 23.7 Å². The lowest BCUT2D eigenvalue weighted by molar-refractivity contribution is 0.0940. The number of hydrogen-bond acceptors (Lipinski definition) is 2. The topological polar surface area (TPSA) is 32.3 Å². The van der Waals surface area contributed by atoms with Crippen molar-refractivity contribution < 1.29 is 4.79 Å². The zero-order chi connectivity index (χ0) is 15.4. The number of carbonyl (C=O) groups excluding carboxylic acids is 1. The van der Waals surface area contributed by atoms with Gasteiger partial charge < -0.3 is 10.2 Å². The molecule has 0 fully saturated rings. The molecule has 0 saturated heterocycles. The van der Waals surface area contributed by atoms with Crippen LogP contribution < -0.4 is 10.2 Å². The summed E-state index contributed by atoms with van der Waals surface area (Å²) in [6, 6.07) is 14.9. The molecule has 0 aliphatic rings. The number of rotatable bonds is 4. The summed E-state index contributed by atoms with van der Waals surface area (Å²) in [5, 5.41) is 3.65. The fraction of sp³-hybridized carbons (Fsp3) is 0.235. The Hall–Kier alpha value is -2.00. The summed E-state index contributed by atoms with van der Waals surface area (Å²) in [5.41, 5.74) is 2.70. The van der Waals surface area contributed by atoms with Gasteiger partial charge in [-0.15, -0.1) is 0 Å². The van der Waals surface area contributed by atoms with Gasteiger partial charge in [-0.3, -0.25) is 4.79 Å². The fourth-order valence-corrected chi connectivity index (χ4v) is 2.25. The van der Waals surface area contributed by atoms with E-state index in [9.17, 15) is 4.79 Å². The number of nitrogens with zero attached hydrogens (tertiary/aromatic N) is 1.